The first-order valence-electron chi connectivity index (χ1n) is 13.0. The minimum Gasteiger partial charge on any atom is -0.491 e. The Hall–Kier alpha value is -3.47. The highest BCUT2D eigenvalue weighted by atomic mass is 32.1. The van der Waals surface area contributed by atoms with Crippen LogP contribution in [0.25, 0.3) is 0 Å². The number of nitrogens with zero attached hydrogens (tertiary/aromatic N) is 1. The SMILES string of the molecule is Cc1csc(CCCNC(=O)[C@@H]2CCC(=O)NCCC(=O)N[C@H](C(C)C)COc3ccccc3C(=O)N2)n1. The van der Waals surface area contributed by atoms with Gasteiger partial charge in [-0.3, -0.25) is 19.2 Å². The molecule has 2 aromatic rings. The fourth-order valence-electron chi connectivity index (χ4n) is 3.92. The van der Waals surface area contributed by atoms with Crippen LogP contribution in [0.2, 0.25) is 0 Å². The van der Waals surface area contributed by atoms with E-state index in [1.807, 2.05) is 26.2 Å². The zero-order chi connectivity index (χ0) is 27.5. The van der Waals surface area contributed by atoms with Crippen LogP contribution in [0.3, 0.4) is 0 Å². The van der Waals surface area contributed by atoms with Crippen LogP contribution in [0.5, 0.6) is 5.75 Å². The van der Waals surface area contributed by atoms with E-state index in [1.54, 1.807) is 35.6 Å². The third-order valence-corrected chi connectivity index (χ3v) is 7.22. The van der Waals surface area contributed by atoms with Crippen molar-refractivity contribution in [3.8, 4) is 5.75 Å². The van der Waals surface area contributed by atoms with Crippen LogP contribution in [-0.4, -0.2) is 60.4 Å². The van der Waals surface area contributed by atoms with Gasteiger partial charge in [0.1, 0.15) is 18.4 Å². The Morgan fingerprint density at radius 1 is 1.16 bits per heavy atom. The molecule has 11 heteroatoms. The highest BCUT2D eigenvalue weighted by Gasteiger charge is 2.25. The van der Waals surface area contributed by atoms with Crippen molar-refractivity contribution >= 4 is 35.0 Å². The molecule has 1 aromatic carbocycles. The fraction of sp³-hybridized carbons (Fsp3) is 0.519. The second-order valence-corrected chi connectivity index (χ2v) is 10.6. The number of amides is 4. The number of carbonyl (C=O) groups is 4. The smallest absolute Gasteiger partial charge is 0.255 e. The van der Waals surface area contributed by atoms with Gasteiger partial charge in [-0.1, -0.05) is 26.0 Å². The molecule has 1 aliphatic rings. The maximum Gasteiger partial charge on any atom is 0.255 e. The van der Waals surface area contributed by atoms with Gasteiger partial charge < -0.3 is 26.0 Å². The van der Waals surface area contributed by atoms with Gasteiger partial charge in [0, 0.05) is 43.4 Å². The van der Waals surface area contributed by atoms with Crippen molar-refractivity contribution in [1.82, 2.24) is 26.3 Å². The number of hydrogen-bond donors (Lipinski definition) is 4. The van der Waals surface area contributed by atoms with Gasteiger partial charge in [0.25, 0.3) is 5.91 Å². The summed E-state index contributed by atoms with van der Waals surface area (Å²) in [6.07, 6.45) is 1.71. The molecule has 0 spiro atoms. The van der Waals surface area contributed by atoms with Crippen LogP contribution in [0, 0.1) is 12.8 Å². The number of nitrogens with one attached hydrogen (secondary N) is 4. The molecule has 3 rings (SSSR count). The summed E-state index contributed by atoms with van der Waals surface area (Å²) in [6, 6.07) is 5.57. The number of rotatable bonds is 6. The highest BCUT2D eigenvalue weighted by molar-refractivity contribution is 7.09. The molecule has 206 valence electrons. The summed E-state index contributed by atoms with van der Waals surface area (Å²) in [6.45, 7) is 6.64. The number of para-hydroxylation sites is 1. The standard InChI is InChI=1S/C27H37N5O5S/c1-17(2)21-15-37-22-8-5-4-7-19(22)26(35)32-20(10-11-23(33)28-14-12-24(34)31-21)27(36)29-13-6-9-25-30-18(3)16-38-25/h4-5,7-8,16-17,20-21H,6,9-15H2,1-3H3,(H,28,33)(H,29,36)(H,31,34)(H,32,35)/t20-,21-/m0/s1. The predicted octanol–water partition coefficient (Wildman–Crippen LogP) is 2.12. The second-order valence-electron chi connectivity index (χ2n) is 9.67. The molecule has 4 N–H and O–H groups in total. The molecule has 0 bridgehead atoms. The number of carbonyl (C=O) groups excluding carboxylic acids is 4. The van der Waals surface area contributed by atoms with E-state index in [2.05, 4.69) is 26.3 Å². The Morgan fingerprint density at radius 2 is 1.95 bits per heavy atom. The Morgan fingerprint density at radius 3 is 2.68 bits per heavy atom. The van der Waals surface area contributed by atoms with Crippen molar-refractivity contribution < 1.29 is 23.9 Å². The molecule has 1 aromatic heterocycles. The van der Waals surface area contributed by atoms with Crippen LogP contribution in [0.1, 0.15) is 60.6 Å². The van der Waals surface area contributed by atoms with Crippen LogP contribution < -0.4 is 26.0 Å². The van der Waals surface area contributed by atoms with E-state index in [0.717, 1.165) is 17.1 Å². The van der Waals surface area contributed by atoms with E-state index in [0.29, 0.717) is 18.7 Å². The van der Waals surface area contributed by atoms with Gasteiger partial charge in [-0.05, 0) is 37.8 Å². The number of thiazole rings is 1. The van der Waals surface area contributed by atoms with Crippen LogP contribution in [0.4, 0.5) is 0 Å². The second kappa shape index (κ2) is 14.5. The van der Waals surface area contributed by atoms with Crippen LogP contribution in [-0.2, 0) is 20.8 Å². The number of ether oxygens (including phenoxy) is 1. The number of aromatic nitrogens is 1. The molecule has 10 nitrogen and oxygen atoms in total. The summed E-state index contributed by atoms with van der Waals surface area (Å²) in [5, 5.41) is 14.3. The monoisotopic (exact) mass is 543 g/mol. The van der Waals surface area contributed by atoms with Gasteiger partial charge in [0.2, 0.25) is 17.7 Å². The topological polar surface area (TPSA) is 139 Å². The molecule has 0 saturated heterocycles. The third-order valence-electron chi connectivity index (χ3n) is 6.19. The van der Waals surface area contributed by atoms with E-state index >= 15 is 0 Å². The van der Waals surface area contributed by atoms with Crippen molar-refractivity contribution in [2.45, 2.75) is 65.0 Å². The van der Waals surface area contributed by atoms with Gasteiger partial charge >= 0.3 is 0 Å². The Labute approximate surface area is 227 Å². The molecule has 1 aliphatic heterocycles. The molecule has 0 aliphatic carbocycles. The molecule has 2 atom stereocenters. The van der Waals surface area contributed by atoms with Gasteiger partial charge in [0.05, 0.1) is 16.6 Å². The minimum atomic E-state index is -0.914. The molecule has 2 heterocycles. The summed E-state index contributed by atoms with van der Waals surface area (Å²) in [5.74, 6) is -0.887. The lowest BCUT2D eigenvalue weighted by atomic mass is 10.0. The Balaban J connectivity index is 1.71. The lowest BCUT2D eigenvalue weighted by Gasteiger charge is -2.24. The van der Waals surface area contributed by atoms with E-state index in [4.69, 9.17) is 4.74 Å². The fourth-order valence-corrected chi connectivity index (χ4v) is 4.73. The first-order valence-corrected chi connectivity index (χ1v) is 13.9. The van der Waals surface area contributed by atoms with E-state index in [9.17, 15) is 19.2 Å². The molecule has 0 unspecified atom stereocenters. The summed E-state index contributed by atoms with van der Waals surface area (Å²) >= 11 is 1.59. The van der Waals surface area contributed by atoms with Gasteiger partial charge in [-0.25, -0.2) is 4.98 Å². The largest absolute Gasteiger partial charge is 0.491 e. The lowest BCUT2D eigenvalue weighted by molar-refractivity contribution is -0.124. The average molecular weight is 544 g/mol. The summed E-state index contributed by atoms with van der Waals surface area (Å²) in [5.41, 5.74) is 1.25. The van der Waals surface area contributed by atoms with Crippen molar-refractivity contribution in [1.29, 1.82) is 0 Å². The third kappa shape index (κ3) is 9.13. The van der Waals surface area contributed by atoms with Gasteiger partial charge in [-0.2, -0.15) is 0 Å². The van der Waals surface area contributed by atoms with E-state index in [-0.39, 0.29) is 67.7 Å². The zero-order valence-corrected chi connectivity index (χ0v) is 23.0. The number of aryl methyl sites for hydroxylation is 2. The zero-order valence-electron chi connectivity index (χ0n) is 22.2. The molecule has 38 heavy (non-hydrogen) atoms. The summed E-state index contributed by atoms with van der Waals surface area (Å²) in [4.78, 5) is 55.5. The molecular formula is C27H37N5O5S. The van der Waals surface area contributed by atoms with Crippen molar-refractivity contribution in [2.75, 3.05) is 19.7 Å². The lowest BCUT2D eigenvalue weighted by Crippen LogP contribution is -2.48. The first-order chi connectivity index (χ1) is 18.2. The molecule has 0 fully saturated rings. The number of benzene rings is 1. The Bertz CT molecular complexity index is 1120. The van der Waals surface area contributed by atoms with Crippen molar-refractivity contribution in [3.05, 3.63) is 45.9 Å². The van der Waals surface area contributed by atoms with E-state index in [1.165, 1.54) is 0 Å². The number of hydrogen-bond acceptors (Lipinski definition) is 7. The van der Waals surface area contributed by atoms with Crippen LogP contribution in [0.15, 0.2) is 29.6 Å². The minimum absolute atomic E-state index is 0.0190. The van der Waals surface area contributed by atoms with Gasteiger partial charge in [-0.15, -0.1) is 11.3 Å². The van der Waals surface area contributed by atoms with Crippen molar-refractivity contribution in [3.63, 3.8) is 0 Å². The number of fused-ring (bicyclic) bond motifs is 1. The highest BCUT2D eigenvalue weighted by Crippen LogP contribution is 2.20. The quantitative estimate of drug-likeness (QED) is 0.412. The van der Waals surface area contributed by atoms with Crippen molar-refractivity contribution in [2.24, 2.45) is 5.92 Å². The molecular weight excluding hydrogens is 506 g/mol. The average Bonchev–Trinajstić information content (AvgIpc) is 3.30. The Kier molecular flexibility index (Phi) is 11.1. The normalized spacial score (nSPS) is 19.5. The van der Waals surface area contributed by atoms with E-state index < -0.39 is 11.9 Å². The predicted molar refractivity (Wildman–Crippen MR) is 145 cm³/mol. The summed E-state index contributed by atoms with van der Waals surface area (Å²) in [7, 11) is 0. The van der Waals surface area contributed by atoms with Gasteiger partial charge in [0.15, 0.2) is 0 Å². The molecule has 0 radical (unpaired) electrons. The maximum atomic E-state index is 13.2. The first kappa shape index (κ1) is 29.1. The molecule has 0 saturated carbocycles. The maximum absolute atomic E-state index is 13.2. The van der Waals surface area contributed by atoms with Crippen LogP contribution >= 0.6 is 11.3 Å². The summed E-state index contributed by atoms with van der Waals surface area (Å²) < 4.78 is 5.97. The molecule has 4 amide bonds.